The number of rotatable bonds is 5. The van der Waals surface area contributed by atoms with Crippen molar-refractivity contribution in [2.75, 3.05) is 6.61 Å². The predicted molar refractivity (Wildman–Crippen MR) is 83.9 cm³/mol. The van der Waals surface area contributed by atoms with Crippen molar-refractivity contribution < 1.29 is 9.84 Å². The highest BCUT2D eigenvalue weighted by atomic mass is 35.5. The molecular formula is C16H22Cl2O2. The van der Waals surface area contributed by atoms with Crippen molar-refractivity contribution in [1.29, 1.82) is 0 Å². The molecule has 1 saturated carbocycles. The van der Waals surface area contributed by atoms with Gasteiger partial charge in [0, 0.05) is 0 Å². The highest BCUT2D eigenvalue weighted by Crippen LogP contribution is 2.37. The number of aliphatic hydroxyl groups is 1. The van der Waals surface area contributed by atoms with Crippen LogP contribution in [0, 0.1) is 0 Å². The van der Waals surface area contributed by atoms with Gasteiger partial charge in [0.15, 0.2) is 0 Å². The topological polar surface area (TPSA) is 29.5 Å². The van der Waals surface area contributed by atoms with E-state index in [1.54, 1.807) is 0 Å². The van der Waals surface area contributed by atoms with E-state index in [4.69, 9.17) is 27.9 Å². The molecule has 2 nitrogen and oxygen atoms in total. The molecule has 1 N–H and O–H groups in total. The fraction of sp³-hybridized carbons (Fsp3) is 0.625. The van der Waals surface area contributed by atoms with Crippen molar-refractivity contribution in [2.45, 2.75) is 55.4 Å². The fourth-order valence-corrected chi connectivity index (χ4v) is 2.73. The minimum Gasteiger partial charge on any atom is -0.492 e. The first-order valence-electron chi connectivity index (χ1n) is 7.25. The first-order valence-corrected chi connectivity index (χ1v) is 8.12. The van der Waals surface area contributed by atoms with Gasteiger partial charge in [-0.3, -0.25) is 0 Å². The average molecular weight is 317 g/mol. The van der Waals surface area contributed by atoms with E-state index in [-0.39, 0.29) is 10.8 Å². The van der Waals surface area contributed by atoms with E-state index >= 15 is 0 Å². The smallest absolute Gasteiger partial charge is 0.119 e. The van der Waals surface area contributed by atoms with Crippen molar-refractivity contribution in [3.63, 3.8) is 0 Å². The Hall–Kier alpha value is -0.440. The van der Waals surface area contributed by atoms with Crippen LogP contribution in [0.3, 0.4) is 0 Å². The van der Waals surface area contributed by atoms with Gasteiger partial charge in [-0.1, -0.05) is 31.4 Å². The molecule has 0 saturated heterocycles. The Morgan fingerprint density at radius 2 is 1.75 bits per heavy atom. The first kappa shape index (κ1) is 15.9. The fourth-order valence-electron chi connectivity index (χ4n) is 2.60. The molecule has 0 aliphatic heterocycles. The van der Waals surface area contributed by atoms with E-state index in [0.29, 0.717) is 6.61 Å². The maximum Gasteiger partial charge on any atom is 0.119 e. The summed E-state index contributed by atoms with van der Waals surface area (Å²) in [6.07, 6.45) is 5.10. The van der Waals surface area contributed by atoms with E-state index in [1.807, 2.05) is 31.2 Å². The molecule has 1 aromatic rings. The molecule has 0 heterocycles. The largest absolute Gasteiger partial charge is 0.492 e. The lowest BCUT2D eigenvalue weighted by atomic mass is 9.80. The molecule has 2 unspecified atom stereocenters. The standard InChI is InChI=1S/C16H22Cl2O2/c1-12(17)15(18)11-20-14-7-5-13(6-8-14)16(19)9-3-2-4-10-16/h5-8,12,15,19H,2-4,9-11H2,1H3. The van der Waals surface area contributed by atoms with E-state index in [0.717, 1.165) is 37.0 Å². The van der Waals surface area contributed by atoms with Gasteiger partial charge >= 0.3 is 0 Å². The number of alkyl halides is 2. The summed E-state index contributed by atoms with van der Waals surface area (Å²) in [5.74, 6) is 0.760. The lowest BCUT2D eigenvalue weighted by Gasteiger charge is -2.32. The summed E-state index contributed by atoms with van der Waals surface area (Å²) in [4.78, 5) is 0. The van der Waals surface area contributed by atoms with Crippen LogP contribution in [0.2, 0.25) is 0 Å². The average Bonchev–Trinajstić information content (AvgIpc) is 2.46. The van der Waals surface area contributed by atoms with Gasteiger partial charge in [-0.15, -0.1) is 23.2 Å². The summed E-state index contributed by atoms with van der Waals surface area (Å²) < 4.78 is 5.61. The SMILES string of the molecule is CC(Cl)C(Cl)COc1ccc(C2(O)CCCCC2)cc1. The monoisotopic (exact) mass is 316 g/mol. The molecule has 112 valence electrons. The Bertz CT molecular complexity index is 411. The number of hydrogen-bond donors (Lipinski definition) is 1. The van der Waals surface area contributed by atoms with E-state index in [1.165, 1.54) is 6.42 Å². The Balaban J connectivity index is 1.96. The van der Waals surface area contributed by atoms with Gasteiger partial charge in [0.1, 0.15) is 12.4 Å². The van der Waals surface area contributed by atoms with Crippen LogP contribution >= 0.6 is 23.2 Å². The minimum absolute atomic E-state index is 0.126. The lowest BCUT2D eigenvalue weighted by molar-refractivity contribution is -0.000660. The molecule has 0 aromatic heterocycles. The van der Waals surface area contributed by atoms with Crippen LogP contribution in [-0.2, 0) is 5.60 Å². The Morgan fingerprint density at radius 1 is 1.15 bits per heavy atom. The number of halogens is 2. The summed E-state index contributed by atoms with van der Waals surface area (Å²) >= 11 is 11.9. The molecule has 0 bridgehead atoms. The van der Waals surface area contributed by atoms with Crippen LogP contribution in [-0.4, -0.2) is 22.5 Å². The molecule has 2 atom stereocenters. The highest BCUT2D eigenvalue weighted by Gasteiger charge is 2.30. The number of ether oxygens (including phenoxy) is 1. The summed E-state index contributed by atoms with van der Waals surface area (Å²) in [6.45, 7) is 2.24. The second-order valence-corrected chi connectivity index (χ2v) is 6.87. The quantitative estimate of drug-likeness (QED) is 0.813. The van der Waals surface area contributed by atoms with Crippen molar-refractivity contribution in [2.24, 2.45) is 0 Å². The van der Waals surface area contributed by atoms with Crippen LogP contribution in [0.5, 0.6) is 5.75 Å². The third-order valence-electron chi connectivity index (χ3n) is 3.98. The summed E-state index contributed by atoms with van der Waals surface area (Å²) in [7, 11) is 0. The van der Waals surface area contributed by atoms with Gasteiger partial charge in [-0.2, -0.15) is 0 Å². The lowest BCUT2D eigenvalue weighted by Crippen LogP contribution is -2.28. The molecule has 0 spiro atoms. The maximum absolute atomic E-state index is 10.6. The third kappa shape index (κ3) is 4.03. The minimum atomic E-state index is -0.656. The molecule has 0 radical (unpaired) electrons. The molecule has 0 amide bonds. The van der Waals surface area contributed by atoms with Crippen molar-refractivity contribution in [3.8, 4) is 5.75 Å². The Kier molecular flexibility index (Phi) is 5.59. The van der Waals surface area contributed by atoms with Gasteiger partial charge in [-0.05, 0) is 37.5 Å². The summed E-state index contributed by atoms with van der Waals surface area (Å²) in [5.41, 5.74) is 0.328. The molecule has 20 heavy (non-hydrogen) atoms. The van der Waals surface area contributed by atoms with Gasteiger partial charge in [0.25, 0.3) is 0 Å². The normalized spacial score (nSPS) is 21.2. The summed E-state index contributed by atoms with van der Waals surface area (Å²) in [6, 6.07) is 7.69. The Labute approximate surface area is 131 Å². The van der Waals surface area contributed by atoms with Crippen LogP contribution in [0.1, 0.15) is 44.6 Å². The van der Waals surface area contributed by atoms with Gasteiger partial charge in [-0.25, -0.2) is 0 Å². The van der Waals surface area contributed by atoms with Crippen molar-refractivity contribution in [1.82, 2.24) is 0 Å². The molecule has 2 rings (SSSR count). The predicted octanol–water partition coefficient (Wildman–Crippen LogP) is 4.45. The molecule has 1 aliphatic carbocycles. The highest BCUT2D eigenvalue weighted by molar-refractivity contribution is 6.29. The number of hydrogen-bond acceptors (Lipinski definition) is 2. The van der Waals surface area contributed by atoms with Crippen LogP contribution in [0.25, 0.3) is 0 Å². The molecule has 1 aliphatic rings. The van der Waals surface area contributed by atoms with Crippen LogP contribution in [0.4, 0.5) is 0 Å². The zero-order valence-electron chi connectivity index (χ0n) is 11.8. The second kappa shape index (κ2) is 7.02. The first-order chi connectivity index (χ1) is 9.51. The van der Waals surface area contributed by atoms with Gasteiger partial charge in [0.2, 0.25) is 0 Å². The molecule has 4 heteroatoms. The number of benzene rings is 1. The van der Waals surface area contributed by atoms with Gasteiger partial charge < -0.3 is 9.84 Å². The van der Waals surface area contributed by atoms with Crippen molar-refractivity contribution in [3.05, 3.63) is 29.8 Å². The van der Waals surface area contributed by atoms with Crippen LogP contribution < -0.4 is 4.74 Å². The second-order valence-electron chi connectivity index (χ2n) is 5.62. The third-order valence-corrected chi connectivity index (χ3v) is 4.92. The van der Waals surface area contributed by atoms with Crippen molar-refractivity contribution >= 4 is 23.2 Å². The zero-order valence-corrected chi connectivity index (χ0v) is 13.3. The Morgan fingerprint density at radius 3 is 2.30 bits per heavy atom. The zero-order chi connectivity index (χ0) is 14.6. The van der Waals surface area contributed by atoms with E-state index < -0.39 is 5.60 Å². The van der Waals surface area contributed by atoms with E-state index in [9.17, 15) is 5.11 Å². The molecule has 1 aromatic carbocycles. The van der Waals surface area contributed by atoms with Gasteiger partial charge in [0.05, 0.1) is 16.4 Å². The van der Waals surface area contributed by atoms with E-state index in [2.05, 4.69) is 0 Å². The summed E-state index contributed by atoms with van der Waals surface area (Å²) in [5, 5.41) is 10.3. The van der Waals surface area contributed by atoms with Crippen LogP contribution in [0.15, 0.2) is 24.3 Å². The molecule has 1 fully saturated rings. The maximum atomic E-state index is 10.6. The molecular weight excluding hydrogens is 295 g/mol.